The van der Waals surface area contributed by atoms with E-state index in [1.807, 2.05) is 0 Å². The van der Waals surface area contributed by atoms with Gasteiger partial charge in [-0.3, -0.25) is 0 Å². The molecule has 0 saturated heterocycles. The van der Waals surface area contributed by atoms with Crippen molar-refractivity contribution in [1.29, 1.82) is 0 Å². The van der Waals surface area contributed by atoms with E-state index in [0.717, 1.165) is 19.4 Å². The highest BCUT2D eigenvalue weighted by molar-refractivity contribution is 5.17. The first-order chi connectivity index (χ1) is 5.97. The number of hydrogen-bond acceptors (Lipinski definition) is 1. The Morgan fingerprint density at radius 2 is 2.00 bits per heavy atom. The lowest BCUT2D eigenvalue weighted by molar-refractivity contribution is 0.241. The van der Waals surface area contributed by atoms with E-state index in [9.17, 15) is 0 Å². The van der Waals surface area contributed by atoms with Gasteiger partial charge in [-0.15, -0.1) is 6.42 Å². The number of hydrogen-bond donors (Lipinski definition) is 1. The van der Waals surface area contributed by atoms with E-state index in [2.05, 4.69) is 32.0 Å². The van der Waals surface area contributed by atoms with E-state index in [1.54, 1.807) is 0 Å². The Morgan fingerprint density at radius 1 is 1.38 bits per heavy atom. The Hall–Kier alpha value is -0.480. The van der Waals surface area contributed by atoms with Crippen molar-refractivity contribution in [3.05, 3.63) is 0 Å². The fourth-order valence-electron chi connectivity index (χ4n) is 1.58. The molecule has 1 nitrogen and oxygen atoms in total. The molecule has 1 aliphatic carbocycles. The molecule has 0 bridgehead atoms. The van der Waals surface area contributed by atoms with Crippen LogP contribution in [0.1, 0.15) is 46.5 Å². The first-order valence-corrected chi connectivity index (χ1v) is 5.20. The zero-order chi connectivity index (χ0) is 9.95. The largest absolute Gasteiger partial charge is 0.301 e. The molecule has 0 aromatic rings. The van der Waals surface area contributed by atoms with E-state index >= 15 is 0 Å². The predicted octanol–water partition coefficient (Wildman–Crippen LogP) is 2.57. The van der Waals surface area contributed by atoms with Crippen LogP contribution in [0.3, 0.4) is 0 Å². The van der Waals surface area contributed by atoms with Crippen LogP contribution in [0.5, 0.6) is 0 Å². The van der Waals surface area contributed by atoms with Gasteiger partial charge in [0.25, 0.3) is 0 Å². The average Bonchev–Trinajstić information content (AvgIpc) is 1.92. The minimum atomic E-state index is 0.0608. The van der Waals surface area contributed by atoms with Crippen molar-refractivity contribution in [2.45, 2.75) is 52.0 Å². The van der Waals surface area contributed by atoms with Gasteiger partial charge in [-0.2, -0.15) is 0 Å². The molecule has 1 aliphatic rings. The second-order valence-electron chi connectivity index (χ2n) is 5.32. The van der Waals surface area contributed by atoms with Crippen molar-refractivity contribution in [3.63, 3.8) is 0 Å². The Bertz CT molecular complexity index is 200. The summed E-state index contributed by atoms with van der Waals surface area (Å²) in [5, 5.41) is 3.50. The fourth-order valence-corrected chi connectivity index (χ4v) is 1.58. The van der Waals surface area contributed by atoms with Gasteiger partial charge in [-0.1, -0.05) is 26.7 Å². The van der Waals surface area contributed by atoms with E-state index < -0.39 is 0 Å². The summed E-state index contributed by atoms with van der Waals surface area (Å²) in [5.41, 5.74) is 0.470. The molecule has 0 spiro atoms. The summed E-state index contributed by atoms with van der Waals surface area (Å²) in [5.74, 6) is 2.89. The minimum absolute atomic E-state index is 0.0608. The number of rotatable bonds is 3. The molecule has 0 aromatic carbocycles. The molecule has 0 heterocycles. The summed E-state index contributed by atoms with van der Waals surface area (Å²) in [7, 11) is 0. The highest BCUT2D eigenvalue weighted by Gasteiger charge is 2.34. The van der Waals surface area contributed by atoms with Gasteiger partial charge < -0.3 is 5.32 Å². The summed E-state index contributed by atoms with van der Waals surface area (Å²) in [6, 6.07) is 0. The van der Waals surface area contributed by atoms with Crippen LogP contribution in [0, 0.1) is 17.8 Å². The van der Waals surface area contributed by atoms with Gasteiger partial charge in [-0.05, 0) is 37.6 Å². The second kappa shape index (κ2) is 3.72. The summed E-state index contributed by atoms with van der Waals surface area (Å²) < 4.78 is 0. The van der Waals surface area contributed by atoms with Crippen molar-refractivity contribution in [1.82, 2.24) is 5.32 Å². The van der Waals surface area contributed by atoms with Gasteiger partial charge in [0.1, 0.15) is 0 Å². The Labute approximate surface area is 82.3 Å². The predicted molar refractivity (Wildman–Crippen MR) is 57.5 cm³/mol. The maximum atomic E-state index is 5.51. The van der Waals surface area contributed by atoms with Gasteiger partial charge in [0, 0.05) is 0 Å². The fraction of sp³-hybridized carbons (Fsp3) is 0.833. The topological polar surface area (TPSA) is 12.0 Å². The van der Waals surface area contributed by atoms with E-state index in [0.29, 0.717) is 5.41 Å². The smallest absolute Gasteiger partial charge is 0.0798 e. The molecule has 0 atom stereocenters. The summed E-state index contributed by atoms with van der Waals surface area (Å²) >= 11 is 0. The number of nitrogens with one attached hydrogen (secondary N) is 1. The molecule has 0 amide bonds. The van der Waals surface area contributed by atoms with Crippen LogP contribution in [-0.2, 0) is 0 Å². The van der Waals surface area contributed by atoms with Gasteiger partial charge in [0.15, 0.2) is 0 Å². The lowest BCUT2D eigenvalue weighted by atomic mass is 9.77. The first-order valence-electron chi connectivity index (χ1n) is 5.20. The lowest BCUT2D eigenvalue weighted by Gasteiger charge is -2.38. The molecule has 0 radical (unpaired) electrons. The Kier molecular flexibility index (Phi) is 3.03. The Balaban J connectivity index is 2.23. The SMILES string of the molecule is C#CC1(NCCC(C)(C)C)CCC1. The van der Waals surface area contributed by atoms with E-state index in [4.69, 9.17) is 6.42 Å². The van der Waals surface area contributed by atoms with Gasteiger partial charge in [0.05, 0.1) is 5.54 Å². The van der Waals surface area contributed by atoms with Crippen molar-refractivity contribution in [2.24, 2.45) is 5.41 Å². The van der Waals surface area contributed by atoms with Crippen molar-refractivity contribution in [2.75, 3.05) is 6.54 Å². The maximum absolute atomic E-state index is 5.51. The molecular formula is C12H21N. The molecular weight excluding hydrogens is 158 g/mol. The third kappa shape index (κ3) is 3.04. The number of terminal acetylenes is 1. The standard InChI is InChI=1S/C12H21N/c1-5-12(7-6-8-12)13-10-9-11(2,3)4/h1,13H,6-10H2,2-4H3. The zero-order valence-electron chi connectivity index (χ0n) is 9.11. The normalized spacial score (nSPS) is 20.5. The van der Waals surface area contributed by atoms with Crippen LogP contribution < -0.4 is 5.32 Å². The Morgan fingerprint density at radius 3 is 2.31 bits per heavy atom. The van der Waals surface area contributed by atoms with Crippen molar-refractivity contribution in [3.8, 4) is 12.3 Å². The van der Waals surface area contributed by atoms with Gasteiger partial charge in [-0.25, -0.2) is 0 Å². The molecule has 0 unspecified atom stereocenters. The van der Waals surface area contributed by atoms with Gasteiger partial charge in [0.2, 0.25) is 0 Å². The van der Waals surface area contributed by atoms with Crippen LogP contribution in [0.4, 0.5) is 0 Å². The van der Waals surface area contributed by atoms with Crippen LogP contribution in [0.2, 0.25) is 0 Å². The molecule has 1 saturated carbocycles. The molecule has 1 N–H and O–H groups in total. The monoisotopic (exact) mass is 179 g/mol. The van der Waals surface area contributed by atoms with Crippen molar-refractivity contribution < 1.29 is 0 Å². The molecule has 1 fully saturated rings. The molecule has 0 aromatic heterocycles. The molecule has 1 heteroatoms. The van der Waals surface area contributed by atoms with Crippen LogP contribution >= 0.6 is 0 Å². The zero-order valence-corrected chi connectivity index (χ0v) is 9.11. The van der Waals surface area contributed by atoms with E-state index in [1.165, 1.54) is 12.8 Å². The van der Waals surface area contributed by atoms with Crippen LogP contribution in [-0.4, -0.2) is 12.1 Å². The summed E-state index contributed by atoms with van der Waals surface area (Å²) in [6.07, 6.45) is 10.3. The molecule has 13 heavy (non-hydrogen) atoms. The van der Waals surface area contributed by atoms with Crippen LogP contribution in [0.15, 0.2) is 0 Å². The first kappa shape index (κ1) is 10.6. The van der Waals surface area contributed by atoms with Gasteiger partial charge >= 0.3 is 0 Å². The third-order valence-electron chi connectivity index (χ3n) is 2.82. The third-order valence-corrected chi connectivity index (χ3v) is 2.82. The quantitative estimate of drug-likeness (QED) is 0.657. The minimum Gasteiger partial charge on any atom is -0.301 e. The summed E-state index contributed by atoms with van der Waals surface area (Å²) in [6.45, 7) is 7.84. The molecule has 1 rings (SSSR count). The highest BCUT2D eigenvalue weighted by atomic mass is 15.0. The highest BCUT2D eigenvalue weighted by Crippen LogP contribution is 2.31. The second-order valence-corrected chi connectivity index (χ2v) is 5.32. The van der Waals surface area contributed by atoms with E-state index in [-0.39, 0.29) is 5.54 Å². The summed E-state index contributed by atoms with van der Waals surface area (Å²) in [4.78, 5) is 0. The maximum Gasteiger partial charge on any atom is 0.0798 e. The molecule has 74 valence electrons. The lowest BCUT2D eigenvalue weighted by Crippen LogP contribution is -2.50. The molecule has 0 aliphatic heterocycles. The van der Waals surface area contributed by atoms with Crippen molar-refractivity contribution >= 4 is 0 Å². The van der Waals surface area contributed by atoms with Crippen LogP contribution in [0.25, 0.3) is 0 Å². The average molecular weight is 179 g/mol.